The molecule has 2 rings (SSSR count). The number of hydrogen-bond donors (Lipinski definition) is 1. The van der Waals surface area contributed by atoms with Crippen molar-refractivity contribution in [3.8, 4) is 5.75 Å². The first-order valence-corrected chi connectivity index (χ1v) is 6.80. The lowest BCUT2D eigenvalue weighted by atomic mass is 9.88. The van der Waals surface area contributed by atoms with Gasteiger partial charge in [-0.05, 0) is 51.0 Å². The molecule has 0 atom stereocenters. The number of rotatable bonds is 6. The summed E-state index contributed by atoms with van der Waals surface area (Å²) < 4.78 is 7.37. The van der Waals surface area contributed by atoms with Gasteiger partial charge in [0.15, 0.2) is 0 Å². The first-order valence-electron chi connectivity index (χ1n) is 6.80. The second-order valence-electron chi connectivity index (χ2n) is 5.73. The van der Waals surface area contributed by atoms with Crippen LogP contribution in [-0.4, -0.2) is 22.8 Å². The first kappa shape index (κ1) is 14.4. The quantitative estimate of drug-likeness (QED) is 0.877. The zero-order chi connectivity index (χ0) is 14.8. The first-order chi connectivity index (χ1) is 9.44. The number of aliphatic carboxylic acids is 1. The highest BCUT2D eigenvalue weighted by Gasteiger charge is 2.26. The van der Waals surface area contributed by atoms with E-state index in [2.05, 4.69) is 10.6 Å². The molecule has 0 aliphatic heterocycles. The summed E-state index contributed by atoms with van der Waals surface area (Å²) in [5.41, 5.74) is 0.491. The molecule has 1 heterocycles. The van der Waals surface area contributed by atoms with Gasteiger partial charge in [-0.15, -0.1) is 0 Å². The van der Waals surface area contributed by atoms with Crippen molar-refractivity contribution >= 4 is 16.9 Å². The molecular formula is C16H21NO3. The van der Waals surface area contributed by atoms with Crippen LogP contribution in [0.2, 0.25) is 0 Å². The largest absolute Gasteiger partial charge is 0.497 e. The Morgan fingerprint density at radius 2 is 2.10 bits per heavy atom. The van der Waals surface area contributed by atoms with Gasteiger partial charge >= 0.3 is 5.97 Å². The van der Waals surface area contributed by atoms with E-state index >= 15 is 0 Å². The van der Waals surface area contributed by atoms with Crippen molar-refractivity contribution < 1.29 is 14.6 Å². The minimum Gasteiger partial charge on any atom is -0.497 e. The number of hydrogen-bond acceptors (Lipinski definition) is 2. The van der Waals surface area contributed by atoms with E-state index in [0.717, 1.165) is 29.6 Å². The van der Waals surface area contributed by atoms with Gasteiger partial charge in [-0.25, -0.2) is 0 Å². The van der Waals surface area contributed by atoms with Crippen LogP contribution >= 0.6 is 0 Å². The average Bonchev–Trinajstić information content (AvgIpc) is 2.81. The maximum Gasteiger partial charge on any atom is 0.309 e. The molecule has 0 saturated heterocycles. The summed E-state index contributed by atoms with van der Waals surface area (Å²) in [6.45, 7) is 4.37. The van der Waals surface area contributed by atoms with Gasteiger partial charge in [0, 0.05) is 23.6 Å². The number of benzene rings is 1. The summed E-state index contributed by atoms with van der Waals surface area (Å²) in [6, 6.07) is 8.05. The molecule has 1 N–H and O–H groups in total. The fraction of sp³-hybridized carbons (Fsp3) is 0.438. The van der Waals surface area contributed by atoms with Crippen LogP contribution in [0.5, 0.6) is 5.75 Å². The van der Waals surface area contributed by atoms with Crippen molar-refractivity contribution in [3.05, 3.63) is 30.5 Å². The van der Waals surface area contributed by atoms with Gasteiger partial charge in [-0.3, -0.25) is 4.79 Å². The third kappa shape index (κ3) is 2.95. The summed E-state index contributed by atoms with van der Waals surface area (Å²) in [7, 11) is 1.66. The van der Waals surface area contributed by atoms with Crippen molar-refractivity contribution in [1.82, 2.24) is 4.57 Å². The Bertz CT molecular complexity index is 613. The lowest BCUT2D eigenvalue weighted by molar-refractivity contribution is -0.147. The number of methoxy groups -OCH3 is 1. The van der Waals surface area contributed by atoms with Crippen molar-refractivity contribution in [1.29, 1.82) is 0 Å². The maximum absolute atomic E-state index is 11.1. The Morgan fingerprint density at radius 1 is 1.35 bits per heavy atom. The molecule has 0 aliphatic carbocycles. The van der Waals surface area contributed by atoms with Gasteiger partial charge in [0.05, 0.1) is 12.5 Å². The van der Waals surface area contributed by atoms with E-state index in [-0.39, 0.29) is 0 Å². The Balaban J connectivity index is 2.06. The third-order valence-electron chi connectivity index (χ3n) is 3.76. The second kappa shape index (κ2) is 5.57. The molecule has 20 heavy (non-hydrogen) atoms. The molecule has 0 saturated carbocycles. The van der Waals surface area contributed by atoms with Crippen molar-refractivity contribution in [2.45, 2.75) is 33.2 Å². The summed E-state index contributed by atoms with van der Waals surface area (Å²) in [5, 5.41) is 10.2. The van der Waals surface area contributed by atoms with Crippen LogP contribution in [-0.2, 0) is 11.3 Å². The average molecular weight is 275 g/mol. The normalized spacial score (nSPS) is 11.8. The van der Waals surface area contributed by atoms with Gasteiger partial charge in [-0.2, -0.15) is 0 Å². The highest BCUT2D eigenvalue weighted by molar-refractivity contribution is 5.81. The van der Waals surface area contributed by atoms with E-state index in [0.29, 0.717) is 6.42 Å². The molecule has 108 valence electrons. The van der Waals surface area contributed by atoms with Crippen LogP contribution in [0.3, 0.4) is 0 Å². The predicted octanol–water partition coefficient (Wildman–Crippen LogP) is 3.54. The molecule has 4 nitrogen and oxygen atoms in total. The second-order valence-corrected chi connectivity index (χ2v) is 5.73. The number of carbonyl (C=O) groups is 1. The molecule has 0 radical (unpaired) electrons. The molecule has 1 aromatic heterocycles. The molecule has 1 aromatic carbocycles. The number of carboxylic acid groups (broad SMARTS) is 1. The number of fused-ring (bicyclic) bond motifs is 1. The van der Waals surface area contributed by atoms with Crippen LogP contribution in [0.1, 0.15) is 26.7 Å². The maximum atomic E-state index is 11.1. The summed E-state index contributed by atoms with van der Waals surface area (Å²) >= 11 is 0. The lowest BCUT2D eigenvalue weighted by Gasteiger charge is -2.18. The number of nitrogens with zero attached hydrogens (tertiary/aromatic N) is 1. The summed E-state index contributed by atoms with van der Waals surface area (Å²) in [6.07, 6.45) is 3.55. The van der Waals surface area contributed by atoms with Crippen LogP contribution < -0.4 is 4.74 Å². The minimum absolute atomic E-state index is 0.661. The van der Waals surface area contributed by atoms with E-state index < -0.39 is 11.4 Å². The highest BCUT2D eigenvalue weighted by Crippen LogP contribution is 2.25. The monoisotopic (exact) mass is 275 g/mol. The zero-order valence-corrected chi connectivity index (χ0v) is 12.2. The fourth-order valence-corrected chi connectivity index (χ4v) is 2.30. The number of carboxylic acids is 1. The molecule has 0 spiro atoms. The molecule has 0 aliphatic rings. The SMILES string of the molecule is COc1ccc2c(ccn2CCCC(C)(C)C(=O)O)c1. The lowest BCUT2D eigenvalue weighted by Crippen LogP contribution is -2.23. The van der Waals surface area contributed by atoms with Crippen LogP contribution in [0.25, 0.3) is 10.9 Å². The number of ether oxygens (including phenoxy) is 1. The van der Waals surface area contributed by atoms with E-state index in [9.17, 15) is 4.79 Å². The van der Waals surface area contributed by atoms with Crippen molar-refractivity contribution in [2.24, 2.45) is 5.41 Å². The predicted molar refractivity (Wildman–Crippen MR) is 79.1 cm³/mol. The Morgan fingerprint density at radius 3 is 2.75 bits per heavy atom. The number of aryl methyl sites for hydroxylation is 1. The fourth-order valence-electron chi connectivity index (χ4n) is 2.30. The summed E-state index contributed by atoms with van der Waals surface area (Å²) in [5.74, 6) is 0.113. The van der Waals surface area contributed by atoms with Gasteiger partial charge in [0.1, 0.15) is 5.75 Å². The van der Waals surface area contributed by atoms with E-state index in [1.807, 2.05) is 24.4 Å². The Kier molecular flexibility index (Phi) is 4.02. The van der Waals surface area contributed by atoms with E-state index in [1.165, 1.54) is 0 Å². The molecule has 0 amide bonds. The van der Waals surface area contributed by atoms with Crippen LogP contribution in [0.4, 0.5) is 0 Å². The van der Waals surface area contributed by atoms with Crippen LogP contribution in [0, 0.1) is 5.41 Å². The van der Waals surface area contributed by atoms with Crippen molar-refractivity contribution in [2.75, 3.05) is 7.11 Å². The van der Waals surface area contributed by atoms with Gasteiger partial charge in [-0.1, -0.05) is 0 Å². The van der Waals surface area contributed by atoms with Crippen molar-refractivity contribution in [3.63, 3.8) is 0 Å². The Hall–Kier alpha value is -1.97. The Labute approximate surface area is 119 Å². The molecule has 2 aromatic rings. The number of aromatic nitrogens is 1. The van der Waals surface area contributed by atoms with Crippen LogP contribution in [0.15, 0.2) is 30.5 Å². The van der Waals surface area contributed by atoms with Gasteiger partial charge in [0.2, 0.25) is 0 Å². The topological polar surface area (TPSA) is 51.5 Å². The molecule has 0 unspecified atom stereocenters. The molecular weight excluding hydrogens is 254 g/mol. The molecule has 4 heteroatoms. The minimum atomic E-state index is -0.736. The molecule has 0 bridgehead atoms. The smallest absolute Gasteiger partial charge is 0.309 e. The van der Waals surface area contributed by atoms with Gasteiger partial charge in [0.25, 0.3) is 0 Å². The molecule has 0 fully saturated rings. The van der Waals surface area contributed by atoms with E-state index in [4.69, 9.17) is 9.84 Å². The third-order valence-corrected chi connectivity index (χ3v) is 3.76. The zero-order valence-electron chi connectivity index (χ0n) is 12.2. The standard InChI is InChI=1S/C16H21NO3/c1-16(2,15(18)19)8-4-9-17-10-7-12-11-13(20-3)5-6-14(12)17/h5-7,10-11H,4,8-9H2,1-3H3,(H,18,19). The van der Waals surface area contributed by atoms with Gasteiger partial charge < -0.3 is 14.4 Å². The summed E-state index contributed by atoms with van der Waals surface area (Å²) in [4.78, 5) is 11.1. The highest BCUT2D eigenvalue weighted by atomic mass is 16.5. The van der Waals surface area contributed by atoms with E-state index in [1.54, 1.807) is 21.0 Å².